The first-order valence-corrected chi connectivity index (χ1v) is 7.44. The van der Waals surface area contributed by atoms with Crippen LogP contribution in [0.25, 0.3) is 0 Å². The Balaban J connectivity index is 1.91. The number of hydrogen-bond acceptors (Lipinski definition) is 3. The van der Waals surface area contributed by atoms with Crippen molar-refractivity contribution in [1.29, 1.82) is 0 Å². The molecule has 1 aromatic rings. The minimum atomic E-state index is -1.03. The second kappa shape index (κ2) is 7.33. The van der Waals surface area contributed by atoms with Crippen LogP contribution in [0.4, 0.5) is 8.78 Å². The molecule has 6 heteroatoms. The molecule has 22 heavy (non-hydrogen) atoms. The molecule has 2 rings (SSSR count). The summed E-state index contributed by atoms with van der Waals surface area (Å²) in [5.74, 6) is -3.17. The number of esters is 1. The number of rotatable bonds is 4. The smallest absolute Gasteiger partial charge is 0.341 e. The van der Waals surface area contributed by atoms with Gasteiger partial charge in [0.1, 0.15) is 11.6 Å². The second-order valence-electron chi connectivity index (χ2n) is 5.52. The van der Waals surface area contributed by atoms with E-state index in [1.165, 1.54) is 13.3 Å². The van der Waals surface area contributed by atoms with Gasteiger partial charge < -0.3 is 10.1 Å². The summed E-state index contributed by atoms with van der Waals surface area (Å²) >= 11 is 0. The maximum Gasteiger partial charge on any atom is 0.341 e. The van der Waals surface area contributed by atoms with Crippen LogP contribution in [0.5, 0.6) is 0 Å². The predicted molar refractivity (Wildman–Crippen MR) is 76.3 cm³/mol. The van der Waals surface area contributed by atoms with Crippen LogP contribution < -0.4 is 5.32 Å². The van der Waals surface area contributed by atoms with Crippen molar-refractivity contribution in [1.82, 2.24) is 5.32 Å². The first-order valence-electron chi connectivity index (χ1n) is 7.44. The summed E-state index contributed by atoms with van der Waals surface area (Å²) in [5.41, 5.74) is -0.390. The van der Waals surface area contributed by atoms with Gasteiger partial charge in [0.25, 0.3) is 5.91 Å². The van der Waals surface area contributed by atoms with Crippen LogP contribution in [0, 0.1) is 11.6 Å². The minimum Gasteiger partial charge on any atom is -0.449 e. The van der Waals surface area contributed by atoms with Gasteiger partial charge in [-0.05, 0) is 31.9 Å². The van der Waals surface area contributed by atoms with Gasteiger partial charge in [-0.2, -0.15) is 0 Å². The summed E-state index contributed by atoms with van der Waals surface area (Å²) in [6, 6.07) is 2.67. The SMILES string of the molecule is C[C@H](OC(=O)c1ccc(F)cc1F)C(=O)NC1CCCCC1. The van der Waals surface area contributed by atoms with Crippen LogP contribution in [0.1, 0.15) is 49.4 Å². The quantitative estimate of drug-likeness (QED) is 0.870. The van der Waals surface area contributed by atoms with Gasteiger partial charge in [-0.3, -0.25) is 4.79 Å². The Kier molecular flexibility index (Phi) is 5.46. The van der Waals surface area contributed by atoms with Gasteiger partial charge in [-0.25, -0.2) is 13.6 Å². The molecule has 0 bridgehead atoms. The Labute approximate surface area is 127 Å². The first-order chi connectivity index (χ1) is 10.5. The van der Waals surface area contributed by atoms with Crippen molar-refractivity contribution < 1.29 is 23.1 Å². The number of amides is 1. The van der Waals surface area contributed by atoms with E-state index < -0.39 is 35.2 Å². The van der Waals surface area contributed by atoms with Gasteiger partial charge >= 0.3 is 5.97 Å². The van der Waals surface area contributed by atoms with Crippen LogP contribution in [0.15, 0.2) is 18.2 Å². The molecular weight excluding hydrogens is 292 g/mol. The molecule has 0 aromatic heterocycles. The average molecular weight is 311 g/mol. The number of nitrogens with one attached hydrogen (secondary N) is 1. The molecule has 0 aliphatic heterocycles. The summed E-state index contributed by atoms with van der Waals surface area (Å²) in [5, 5.41) is 2.83. The van der Waals surface area contributed by atoms with Crippen molar-refractivity contribution in [2.45, 2.75) is 51.2 Å². The van der Waals surface area contributed by atoms with Gasteiger partial charge in [-0.15, -0.1) is 0 Å². The van der Waals surface area contributed by atoms with Crippen LogP contribution in [-0.2, 0) is 9.53 Å². The van der Waals surface area contributed by atoms with E-state index >= 15 is 0 Å². The van der Waals surface area contributed by atoms with E-state index in [0.29, 0.717) is 6.07 Å². The molecule has 1 atom stereocenters. The standard InChI is InChI=1S/C16H19F2NO3/c1-10(15(20)19-12-5-3-2-4-6-12)22-16(21)13-8-7-11(17)9-14(13)18/h7-10,12H,2-6H2,1H3,(H,19,20)/t10-/m0/s1. The molecular formula is C16H19F2NO3. The Morgan fingerprint density at radius 1 is 1.23 bits per heavy atom. The number of carbonyl (C=O) groups excluding carboxylic acids is 2. The highest BCUT2D eigenvalue weighted by molar-refractivity contribution is 5.92. The lowest BCUT2D eigenvalue weighted by Crippen LogP contribution is -2.42. The van der Waals surface area contributed by atoms with Crippen LogP contribution >= 0.6 is 0 Å². The van der Waals surface area contributed by atoms with Crippen LogP contribution in [-0.4, -0.2) is 24.0 Å². The summed E-state index contributed by atoms with van der Waals surface area (Å²) in [7, 11) is 0. The maximum atomic E-state index is 13.5. The van der Waals surface area contributed by atoms with Crippen LogP contribution in [0.3, 0.4) is 0 Å². The number of carbonyl (C=O) groups is 2. The highest BCUT2D eigenvalue weighted by atomic mass is 19.1. The Morgan fingerprint density at radius 2 is 1.91 bits per heavy atom. The van der Waals surface area contributed by atoms with Crippen molar-refractivity contribution in [3.05, 3.63) is 35.4 Å². The van der Waals surface area contributed by atoms with E-state index in [0.717, 1.165) is 37.8 Å². The molecule has 1 N–H and O–H groups in total. The first kappa shape index (κ1) is 16.4. The van der Waals surface area contributed by atoms with E-state index in [2.05, 4.69) is 5.32 Å². The predicted octanol–water partition coefficient (Wildman–Crippen LogP) is 2.96. The highest BCUT2D eigenvalue weighted by Crippen LogP contribution is 2.18. The zero-order chi connectivity index (χ0) is 16.1. The fourth-order valence-corrected chi connectivity index (χ4v) is 2.50. The van der Waals surface area contributed by atoms with E-state index in [1.807, 2.05) is 0 Å². The molecule has 4 nitrogen and oxygen atoms in total. The molecule has 0 radical (unpaired) electrons. The number of benzene rings is 1. The molecule has 1 saturated carbocycles. The minimum absolute atomic E-state index is 0.102. The molecule has 120 valence electrons. The molecule has 1 aliphatic carbocycles. The third kappa shape index (κ3) is 4.26. The normalized spacial score (nSPS) is 16.9. The number of halogens is 2. The van der Waals surface area contributed by atoms with Crippen molar-refractivity contribution in [3.8, 4) is 0 Å². The molecule has 0 heterocycles. The van der Waals surface area contributed by atoms with E-state index in [4.69, 9.17) is 4.74 Å². The van der Waals surface area contributed by atoms with E-state index in [9.17, 15) is 18.4 Å². The zero-order valence-corrected chi connectivity index (χ0v) is 12.4. The van der Waals surface area contributed by atoms with Gasteiger partial charge in [0.05, 0.1) is 5.56 Å². The van der Waals surface area contributed by atoms with E-state index in [1.54, 1.807) is 0 Å². The van der Waals surface area contributed by atoms with Gasteiger partial charge in [0.15, 0.2) is 6.10 Å². The molecule has 1 aromatic carbocycles. The summed E-state index contributed by atoms with van der Waals surface area (Å²) < 4.78 is 31.2. The summed E-state index contributed by atoms with van der Waals surface area (Å²) in [4.78, 5) is 23.8. The Bertz CT molecular complexity index is 556. The van der Waals surface area contributed by atoms with Crippen molar-refractivity contribution >= 4 is 11.9 Å². The van der Waals surface area contributed by atoms with Crippen molar-refractivity contribution in [3.63, 3.8) is 0 Å². The molecule has 1 aliphatic rings. The monoisotopic (exact) mass is 311 g/mol. The second-order valence-corrected chi connectivity index (χ2v) is 5.52. The molecule has 1 fully saturated rings. The van der Waals surface area contributed by atoms with Crippen molar-refractivity contribution in [2.24, 2.45) is 0 Å². The third-order valence-corrected chi connectivity index (χ3v) is 3.76. The van der Waals surface area contributed by atoms with Crippen molar-refractivity contribution in [2.75, 3.05) is 0 Å². The lowest BCUT2D eigenvalue weighted by atomic mass is 9.95. The molecule has 0 spiro atoms. The fourth-order valence-electron chi connectivity index (χ4n) is 2.50. The molecule has 0 saturated heterocycles. The average Bonchev–Trinajstić information content (AvgIpc) is 2.47. The lowest BCUT2D eigenvalue weighted by molar-refractivity contribution is -0.130. The van der Waals surface area contributed by atoms with Crippen LogP contribution in [0.2, 0.25) is 0 Å². The summed E-state index contributed by atoms with van der Waals surface area (Å²) in [6.45, 7) is 1.43. The maximum absolute atomic E-state index is 13.5. The molecule has 0 unspecified atom stereocenters. The largest absolute Gasteiger partial charge is 0.449 e. The topological polar surface area (TPSA) is 55.4 Å². The highest BCUT2D eigenvalue weighted by Gasteiger charge is 2.24. The van der Waals surface area contributed by atoms with Gasteiger partial charge in [0.2, 0.25) is 0 Å². The summed E-state index contributed by atoms with van der Waals surface area (Å²) in [6.07, 6.45) is 4.11. The fraction of sp³-hybridized carbons (Fsp3) is 0.500. The zero-order valence-electron chi connectivity index (χ0n) is 12.4. The number of hydrogen-bond donors (Lipinski definition) is 1. The third-order valence-electron chi connectivity index (χ3n) is 3.76. The Hall–Kier alpha value is -1.98. The van der Waals surface area contributed by atoms with Gasteiger partial charge in [-0.1, -0.05) is 19.3 Å². The molecule has 1 amide bonds. The lowest BCUT2D eigenvalue weighted by Gasteiger charge is -2.24. The number of ether oxygens (including phenoxy) is 1. The van der Waals surface area contributed by atoms with E-state index in [-0.39, 0.29) is 6.04 Å². The van der Waals surface area contributed by atoms with Gasteiger partial charge in [0, 0.05) is 12.1 Å². The Morgan fingerprint density at radius 3 is 2.55 bits per heavy atom.